The number of aliphatic carboxylic acids is 1. The van der Waals surface area contributed by atoms with Gasteiger partial charge in [0.1, 0.15) is 10.6 Å². The Morgan fingerprint density at radius 2 is 2.10 bits per heavy atom. The summed E-state index contributed by atoms with van der Waals surface area (Å²) in [4.78, 5) is 22.5. The van der Waals surface area contributed by atoms with Gasteiger partial charge in [0.2, 0.25) is 10.0 Å². The Bertz CT molecular complexity index is 635. The molecule has 118 valence electrons. The van der Waals surface area contributed by atoms with Crippen molar-refractivity contribution in [2.24, 2.45) is 18.1 Å². The van der Waals surface area contributed by atoms with Crippen LogP contribution in [0, 0.1) is 5.92 Å². The monoisotopic (exact) mass is 317 g/mol. The van der Waals surface area contributed by atoms with E-state index < -0.39 is 21.9 Å². The first-order valence-corrected chi connectivity index (χ1v) is 7.89. The number of primary sulfonamides is 1. The summed E-state index contributed by atoms with van der Waals surface area (Å²) >= 11 is 0. The molecule has 9 heteroatoms. The van der Waals surface area contributed by atoms with Crippen LogP contribution in [0.5, 0.6) is 0 Å². The lowest BCUT2D eigenvalue weighted by atomic mass is 10.0. The van der Waals surface area contributed by atoms with E-state index in [4.69, 9.17) is 10.2 Å². The van der Waals surface area contributed by atoms with Crippen molar-refractivity contribution in [3.63, 3.8) is 0 Å². The SMILES string of the molecule is CCC(CNC(=O)c1cc(S(N)(=O)=O)cn1C)CC(=O)O. The van der Waals surface area contributed by atoms with Gasteiger partial charge < -0.3 is 15.0 Å². The average Bonchev–Trinajstić information content (AvgIpc) is 2.75. The van der Waals surface area contributed by atoms with E-state index in [0.29, 0.717) is 6.42 Å². The fraction of sp³-hybridized carbons (Fsp3) is 0.500. The molecule has 1 unspecified atom stereocenters. The molecule has 0 aliphatic rings. The lowest BCUT2D eigenvalue weighted by Gasteiger charge is -2.13. The van der Waals surface area contributed by atoms with E-state index in [1.165, 1.54) is 23.9 Å². The number of sulfonamides is 1. The Morgan fingerprint density at radius 3 is 2.52 bits per heavy atom. The second kappa shape index (κ2) is 6.72. The van der Waals surface area contributed by atoms with Gasteiger partial charge in [-0.25, -0.2) is 13.6 Å². The average molecular weight is 317 g/mol. The number of amides is 1. The molecule has 1 aromatic rings. The van der Waals surface area contributed by atoms with E-state index in [2.05, 4.69) is 5.32 Å². The first-order chi connectivity index (χ1) is 9.65. The minimum absolute atomic E-state index is 0.0354. The molecule has 0 spiro atoms. The van der Waals surface area contributed by atoms with E-state index in [1.54, 1.807) is 0 Å². The zero-order valence-electron chi connectivity index (χ0n) is 11.9. The topological polar surface area (TPSA) is 131 Å². The highest BCUT2D eigenvalue weighted by molar-refractivity contribution is 7.89. The molecule has 0 bridgehead atoms. The summed E-state index contributed by atoms with van der Waals surface area (Å²) in [7, 11) is -2.34. The van der Waals surface area contributed by atoms with E-state index in [0.717, 1.165) is 0 Å². The van der Waals surface area contributed by atoms with Crippen molar-refractivity contribution in [2.45, 2.75) is 24.7 Å². The molecule has 1 amide bonds. The number of nitrogens with zero attached hydrogens (tertiary/aromatic N) is 1. The van der Waals surface area contributed by atoms with Gasteiger partial charge in [-0.15, -0.1) is 0 Å². The normalized spacial score (nSPS) is 12.9. The number of nitrogens with one attached hydrogen (secondary N) is 1. The number of carboxylic acids is 1. The summed E-state index contributed by atoms with van der Waals surface area (Å²) in [6.07, 6.45) is 1.83. The van der Waals surface area contributed by atoms with Crippen LogP contribution in [0.3, 0.4) is 0 Å². The lowest BCUT2D eigenvalue weighted by molar-refractivity contribution is -0.138. The standard InChI is InChI=1S/C12H19N3O5S/c1-3-8(4-11(16)17)6-14-12(18)10-5-9(7-15(10)2)21(13,19)20/h5,7-8H,3-4,6H2,1-2H3,(H,14,18)(H,16,17)(H2,13,19,20). The Balaban J connectivity index is 2.76. The van der Waals surface area contributed by atoms with Crippen LogP contribution in [0.2, 0.25) is 0 Å². The van der Waals surface area contributed by atoms with Gasteiger partial charge >= 0.3 is 5.97 Å². The van der Waals surface area contributed by atoms with Gasteiger partial charge in [0, 0.05) is 26.2 Å². The van der Waals surface area contributed by atoms with Crippen molar-refractivity contribution < 1.29 is 23.1 Å². The number of hydrogen-bond donors (Lipinski definition) is 3. The summed E-state index contributed by atoms with van der Waals surface area (Å²) in [6.45, 7) is 2.04. The molecule has 0 fully saturated rings. The van der Waals surface area contributed by atoms with E-state index in [1.807, 2.05) is 6.92 Å². The smallest absolute Gasteiger partial charge is 0.303 e. The Kier molecular flexibility index (Phi) is 5.50. The molecule has 1 rings (SSSR count). The molecule has 21 heavy (non-hydrogen) atoms. The summed E-state index contributed by atoms with van der Waals surface area (Å²) in [5.41, 5.74) is 0.143. The highest BCUT2D eigenvalue weighted by Crippen LogP contribution is 2.12. The zero-order chi connectivity index (χ0) is 16.2. The number of aryl methyl sites for hydroxylation is 1. The quantitative estimate of drug-likeness (QED) is 0.646. The maximum Gasteiger partial charge on any atom is 0.303 e. The van der Waals surface area contributed by atoms with Crippen molar-refractivity contribution in [2.75, 3.05) is 6.54 Å². The molecule has 0 saturated carbocycles. The number of carbonyl (C=O) groups is 2. The summed E-state index contributed by atoms with van der Waals surface area (Å²) in [5.74, 6) is -1.58. The number of aromatic nitrogens is 1. The van der Waals surface area contributed by atoms with E-state index in [-0.39, 0.29) is 29.5 Å². The molecule has 1 heterocycles. The van der Waals surface area contributed by atoms with Crippen LogP contribution < -0.4 is 10.5 Å². The Labute approximate surface area is 123 Å². The molecule has 4 N–H and O–H groups in total. The minimum atomic E-state index is -3.87. The van der Waals surface area contributed by atoms with Crippen molar-refractivity contribution in [1.29, 1.82) is 0 Å². The first-order valence-electron chi connectivity index (χ1n) is 6.34. The van der Waals surface area contributed by atoms with Crippen molar-refractivity contribution in [3.05, 3.63) is 18.0 Å². The number of hydrogen-bond acceptors (Lipinski definition) is 4. The summed E-state index contributed by atoms with van der Waals surface area (Å²) in [6, 6.07) is 1.18. The first kappa shape index (κ1) is 17.2. The van der Waals surface area contributed by atoms with Gasteiger partial charge in [0.25, 0.3) is 5.91 Å². The molecule has 0 aromatic carbocycles. The Hall–Kier alpha value is -1.87. The largest absolute Gasteiger partial charge is 0.481 e. The molecular formula is C12H19N3O5S. The summed E-state index contributed by atoms with van der Waals surface area (Å²) < 4.78 is 23.8. The number of carbonyl (C=O) groups excluding carboxylic acids is 1. The van der Waals surface area contributed by atoms with Gasteiger partial charge in [-0.2, -0.15) is 0 Å². The highest BCUT2D eigenvalue weighted by atomic mass is 32.2. The number of rotatable bonds is 7. The predicted molar refractivity (Wildman–Crippen MR) is 75.2 cm³/mol. The molecule has 0 saturated heterocycles. The Morgan fingerprint density at radius 1 is 1.48 bits per heavy atom. The summed E-state index contributed by atoms with van der Waals surface area (Å²) in [5, 5.41) is 16.3. The fourth-order valence-corrected chi connectivity index (χ4v) is 2.43. The molecule has 0 aliphatic heterocycles. The second-order valence-electron chi connectivity index (χ2n) is 4.80. The maximum atomic E-state index is 12.0. The third-order valence-corrected chi connectivity index (χ3v) is 4.01. The third kappa shape index (κ3) is 4.87. The van der Waals surface area contributed by atoms with Crippen LogP contribution in [0.25, 0.3) is 0 Å². The number of carboxylic acid groups (broad SMARTS) is 1. The zero-order valence-corrected chi connectivity index (χ0v) is 12.7. The molecule has 0 radical (unpaired) electrons. The molecule has 1 atom stereocenters. The molecule has 8 nitrogen and oxygen atoms in total. The van der Waals surface area contributed by atoms with Crippen LogP contribution in [0.15, 0.2) is 17.2 Å². The van der Waals surface area contributed by atoms with E-state index >= 15 is 0 Å². The minimum Gasteiger partial charge on any atom is -0.481 e. The predicted octanol–water partition coefficient (Wildman–Crippen LogP) is -0.0968. The van der Waals surface area contributed by atoms with Crippen molar-refractivity contribution in [1.82, 2.24) is 9.88 Å². The number of nitrogens with two attached hydrogens (primary N) is 1. The molecule has 0 aliphatic carbocycles. The third-order valence-electron chi connectivity index (χ3n) is 3.13. The van der Waals surface area contributed by atoms with Gasteiger partial charge in [-0.1, -0.05) is 13.3 Å². The van der Waals surface area contributed by atoms with Crippen molar-refractivity contribution in [3.8, 4) is 0 Å². The van der Waals surface area contributed by atoms with Crippen LogP contribution in [0.4, 0.5) is 0 Å². The van der Waals surface area contributed by atoms with Gasteiger partial charge in [0.15, 0.2) is 0 Å². The van der Waals surface area contributed by atoms with E-state index in [9.17, 15) is 18.0 Å². The van der Waals surface area contributed by atoms with Crippen LogP contribution in [0.1, 0.15) is 30.3 Å². The highest BCUT2D eigenvalue weighted by Gasteiger charge is 2.18. The van der Waals surface area contributed by atoms with Gasteiger partial charge in [-0.3, -0.25) is 9.59 Å². The van der Waals surface area contributed by atoms with Crippen molar-refractivity contribution >= 4 is 21.9 Å². The van der Waals surface area contributed by atoms with Crippen LogP contribution in [-0.2, 0) is 21.9 Å². The molecular weight excluding hydrogens is 298 g/mol. The molecule has 1 aromatic heterocycles. The van der Waals surface area contributed by atoms with Crippen LogP contribution >= 0.6 is 0 Å². The second-order valence-corrected chi connectivity index (χ2v) is 6.36. The van der Waals surface area contributed by atoms with Gasteiger partial charge in [-0.05, 0) is 12.0 Å². The van der Waals surface area contributed by atoms with Gasteiger partial charge in [0.05, 0.1) is 0 Å². The fourth-order valence-electron chi connectivity index (χ4n) is 1.85. The maximum absolute atomic E-state index is 12.0. The lowest BCUT2D eigenvalue weighted by Crippen LogP contribution is -2.31. The van der Waals surface area contributed by atoms with Crippen LogP contribution in [-0.4, -0.2) is 36.5 Å².